The number of pyridine rings is 1. The summed E-state index contributed by atoms with van der Waals surface area (Å²) < 4.78 is 0. The highest BCUT2D eigenvalue weighted by Gasteiger charge is 2.50. The summed E-state index contributed by atoms with van der Waals surface area (Å²) in [5, 5.41) is 12.8. The van der Waals surface area contributed by atoms with Crippen molar-refractivity contribution in [2.75, 3.05) is 29.9 Å². The summed E-state index contributed by atoms with van der Waals surface area (Å²) in [6.07, 6.45) is 11.0. The van der Waals surface area contributed by atoms with E-state index in [1.165, 1.54) is 0 Å². The Labute approximate surface area is 184 Å². The topological polar surface area (TPSA) is 85.8 Å². The SMILES string of the molecule is O=C(Nc1ccc(N2CCC[C@]3(CCN(C4CCC(O)CC4)C3=O)C2)nc1)C1CCC1. The van der Waals surface area contributed by atoms with Gasteiger partial charge in [0, 0.05) is 31.6 Å². The van der Waals surface area contributed by atoms with Crippen molar-refractivity contribution in [3.8, 4) is 0 Å². The Morgan fingerprint density at radius 3 is 2.55 bits per heavy atom. The van der Waals surface area contributed by atoms with Crippen LogP contribution in [-0.4, -0.2) is 58.6 Å². The van der Waals surface area contributed by atoms with Crippen molar-refractivity contribution in [2.24, 2.45) is 11.3 Å². The lowest BCUT2D eigenvalue weighted by atomic mass is 9.78. The first-order valence-electron chi connectivity index (χ1n) is 12.1. The largest absolute Gasteiger partial charge is 0.393 e. The minimum Gasteiger partial charge on any atom is -0.393 e. The van der Waals surface area contributed by atoms with Crippen molar-refractivity contribution in [3.63, 3.8) is 0 Å². The first kappa shape index (κ1) is 20.7. The number of carbonyl (C=O) groups is 2. The zero-order valence-electron chi connectivity index (χ0n) is 18.3. The molecule has 4 fully saturated rings. The molecule has 7 heteroatoms. The zero-order chi connectivity index (χ0) is 21.4. The predicted octanol–water partition coefficient (Wildman–Crippen LogP) is 2.94. The standard InChI is InChI=1S/C24H34N4O3/c29-20-8-6-19(7-9-20)28-14-12-24(23(28)31)11-2-13-27(16-24)21-10-5-18(15-25-21)26-22(30)17-3-1-4-17/h5,10,15,17,19-20,29H,1-4,6-9,11-14,16H2,(H,26,30)/t19?,20?,24-/m0/s1. The Bertz CT molecular complexity index is 817. The molecule has 2 aliphatic heterocycles. The van der Waals surface area contributed by atoms with Gasteiger partial charge in [0.05, 0.1) is 23.4 Å². The molecule has 4 aliphatic rings. The lowest BCUT2D eigenvalue weighted by molar-refractivity contribution is -0.139. The van der Waals surface area contributed by atoms with Gasteiger partial charge in [-0.1, -0.05) is 6.42 Å². The number of piperidine rings is 1. The number of aliphatic hydroxyl groups excluding tert-OH is 1. The summed E-state index contributed by atoms with van der Waals surface area (Å²) >= 11 is 0. The summed E-state index contributed by atoms with van der Waals surface area (Å²) in [7, 11) is 0. The van der Waals surface area contributed by atoms with Crippen LogP contribution in [0, 0.1) is 11.3 Å². The van der Waals surface area contributed by atoms with E-state index >= 15 is 0 Å². The Kier molecular flexibility index (Phi) is 5.63. The smallest absolute Gasteiger partial charge is 0.230 e. The van der Waals surface area contributed by atoms with E-state index in [9.17, 15) is 14.7 Å². The van der Waals surface area contributed by atoms with Crippen molar-refractivity contribution in [1.29, 1.82) is 0 Å². The molecule has 31 heavy (non-hydrogen) atoms. The third-order valence-corrected chi connectivity index (χ3v) is 8.05. The molecule has 5 rings (SSSR count). The van der Waals surface area contributed by atoms with Crippen LogP contribution in [0.3, 0.4) is 0 Å². The molecule has 1 aromatic heterocycles. The molecule has 1 spiro atoms. The summed E-state index contributed by atoms with van der Waals surface area (Å²) in [5.74, 6) is 1.45. The maximum absolute atomic E-state index is 13.5. The van der Waals surface area contributed by atoms with Crippen LogP contribution in [-0.2, 0) is 9.59 Å². The lowest BCUT2D eigenvalue weighted by Crippen LogP contribution is -2.50. The Balaban J connectivity index is 1.23. The van der Waals surface area contributed by atoms with E-state index in [0.717, 1.165) is 95.3 Å². The van der Waals surface area contributed by atoms with Crippen molar-refractivity contribution in [3.05, 3.63) is 18.3 Å². The summed E-state index contributed by atoms with van der Waals surface area (Å²) in [5.41, 5.74) is 0.447. The molecule has 2 aliphatic carbocycles. The fraction of sp³-hybridized carbons (Fsp3) is 0.708. The molecule has 0 bridgehead atoms. The molecule has 168 valence electrons. The average molecular weight is 427 g/mol. The molecule has 2 N–H and O–H groups in total. The number of likely N-dealkylation sites (tertiary alicyclic amines) is 1. The maximum atomic E-state index is 13.5. The van der Waals surface area contributed by atoms with Crippen LogP contribution in [0.4, 0.5) is 11.5 Å². The van der Waals surface area contributed by atoms with Crippen molar-refractivity contribution >= 4 is 23.3 Å². The van der Waals surface area contributed by atoms with Crippen LogP contribution in [0.5, 0.6) is 0 Å². The molecule has 0 aromatic carbocycles. The molecule has 2 saturated carbocycles. The second kappa shape index (κ2) is 8.41. The van der Waals surface area contributed by atoms with Crippen molar-refractivity contribution < 1.29 is 14.7 Å². The minimum absolute atomic E-state index is 0.101. The third-order valence-electron chi connectivity index (χ3n) is 8.05. The van der Waals surface area contributed by atoms with E-state index < -0.39 is 0 Å². The number of aromatic nitrogens is 1. The first-order chi connectivity index (χ1) is 15.0. The number of anilines is 2. The highest BCUT2D eigenvalue weighted by Crippen LogP contribution is 2.43. The van der Waals surface area contributed by atoms with Crippen LogP contribution in [0.1, 0.15) is 64.2 Å². The van der Waals surface area contributed by atoms with Gasteiger partial charge in [-0.05, 0) is 69.9 Å². The van der Waals surface area contributed by atoms with Crippen LogP contribution >= 0.6 is 0 Å². The second-order valence-corrected chi connectivity index (χ2v) is 10.0. The molecule has 7 nitrogen and oxygen atoms in total. The number of rotatable bonds is 4. The first-order valence-corrected chi connectivity index (χ1v) is 12.1. The number of amides is 2. The molecule has 2 saturated heterocycles. The molecule has 0 unspecified atom stereocenters. The van der Waals surface area contributed by atoms with Gasteiger partial charge in [0.15, 0.2) is 0 Å². The maximum Gasteiger partial charge on any atom is 0.230 e. The molecular formula is C24H34N4O3. The van der Waals surface area contributed by atoms with Gasteiger partial charge in [-0.25, -0.2) is 4.98 Å². The fourth-order valence-electron chi connectivity index (χ4n) is 5.83. The Morgan fingerprint density at radius 2 is 1.87 bits per heavy atom. The van der Waals surface area contributed by atoms with Gasteiger partial charge in [0.25, 0.3) is 0 Å². The number of nitrogens with one attached hydrogen (secondary N) is 1. The van der Waals surface area contributed by atoms with E-state index in [0.29, 0.717) is 11.9 Å². The molecule has 0 radical (unpaired) electrons. The predicted molar refractivity (Wildman–Crippen MR) is 119 cm³/mol. The zero-order valence-corrected chi connectivity index (χ0v) is 18.3. The molecule has 3 heterocycles. The third kappa shape index (κ3) is 4.04. The van der Waals surface area contributed by atoms with Gasteiger partial charge in [0.2, 0.25) is 11.8 Å². The monoisotopic (exact) mass is 426 g/mol. The highest BCUT2D eigenvalue weighted by molar-refractivity contribution is 5.93. The van der Waals surface area contributed by atoms with Gasteiger partial charge < -0.3 is 20.2 Å². The summed E-state index contributed by atoms with van der Waals surface area (Å²) in [6.45, 7) is 2.47. The average Bonchev–Trinajstić information content (AvgIpc) is 3.03. The second-order valence-electron chi connectivity index (χ2n) is 10.0. The number of aliphatic hydroxyl groups is 1. The van der Waals surface area contributed by atoms with Crippen molar-refractivity contribution in [1.82, 2.24) is 9.88 Å². The number of nitrogens with zero attached hydrogens (tertiary/aromatic N) is 3. The fourth-order valence-corrected chi connectivity index (χ4v) is 5.83. The number of carbonyl (C=O) groups excluding carboxylic acids is 2. The van der Waals surface area contributed by atoms with E-state index in [4.69, 9.17) is 0 Å². The lowest BCUT2D eigenvalue weighted by Gasteiger charge is -2.41. The van der Waals surface area contributed by atoms with E-state index in [2.05, 4.69) is 20.1 Å². The molecule has 1 atom stereocenters. The molecule has 1 aromatic rings. The summed E-state index contributed by atoms with van der Waals surface area (Å²) in [4.78, 5) is 34.6. The molecule has 2 amide bonds. The Morgan fingerprint density at radius 1 is 1.06 bits per heavy atom. The van der Waals surface area contributed by atoms with Crippen LogP contribution in [0.15, 0.2) is 18.3 Å². The van der Waals surface area contributed by atoms with Gasteiger partial charge in [0.1, 0.15) is 5.82 Å². The normalized spacial score (nSPS) is 31.7. The number of hydrogen-bond donors (Lipinski definition) is 2. The van der Waals surface area contributed by atoms with Gasteiger partial charge >= 0.3 is 0 Å². The van der Waals surface area contributed by atoms with Crippen molar-refractivity contribution in [2.45, 2.75) is 76.4 Å². The summed E-state index contributed by atoms with van der Waals surface area (Å²) in [6, 6.07) is 4.19. The molecular weight excluding hydrogens is 392 g/mol. The van der Waals surface area contributed by atoms with Gasteiger partial charge in [-0.15, -0.1) is 0 Å². The minimum atomic E-state index is -0.299. The highest BCUT2D eigenvalue weighted by atomic mass is 16.3. The number of hydrogen-bond acceptors (Lipinski definition) is 5. The van der Waals surface area contributed by atoms with E-state index in [-0.39, 0.29) is 23.3 Å². The van der Waals surface area contributed by atoms with Gasteiger partial charge in [-0.2, -0.15) is 0 Å². The van der Waals surface area contributed by atoms with Crippen LogP contribution < -0.4 is 10.2 Å². The quantitative estimate of drug-likeness (QED) is 0.773. The van der Waals surface area contributed by atoms with Crippen LogP contribution in [0.2, 0.25) is 0 Å². The van der Waals surface area contributed by atoms with Gasteiger partial charge in [-0.3, -0.25) is 9.59 Å². The Hall–Kier alpha value is -2.15. The van der Waals surface area contributed by atoms with Crippen LogP contribution in [0.25, 0.3) is 0 Å². The van der Waals surface area contributed by atoms with E-state index in [1.54, 1.807) is 6.20 Å². The van der Waals surface area contributed by atoms with E-state index in [1.807, 2.05) is 12.1 Å².